The van der Waals surface area contributed by atoms with Crippen LogP contribution in [-0.2, 0) is 16.1 Å². The molecule has 0 saturated carbocycles. The van der Waals surface area contributed by atoms with E-state index in [-0.39, 0.29) is 11.1 Å². The van der Waals surface area contributed by atoms with Crippen LogP contribution in [0.4, 0.5) is 4.79 Å². The summed E-state index contributed by atoms with van der Waals surface area (Å²) in [5.74, 6) is 0.788. The van der Waals surface area contributed by atoms with Crippen molar-refractivity contribution in [2.24, 2.45) is 0 Å². The Kier molecular flexibility index (Phi) is 7.79. The molecule has 0 radical (unpaired) electrons. The number of halogens is 1. The lowest BCUT2D eigenvalue weighted by Crippen LogP contribution is -2.29. The standard InChI is InChI=1S/C22H22ClNO5S/c1-27-11-5-10-24-21(25)20(30-22(24)26)13-15-8-9-18(19(12-15)28-2)29-14-16-6-3-4-7-17(16)23/h3-4,6-9,12-13H,5,10-11,14H2,1-2H3/b20-13+. The van der Waals surface area contributed by atoms with Gasteiger partial charge in [-0.15, -0.1) is 0 Å². The number of methoxy groups -OCH3 is 2. The second kappa shape index (κ2) is 10.5. The quantitative estimate of drug-likeness (QED) is 0.398. The van der Waals surface area contributed by atoms with Crippen molar-refractivity contribution in [1.29, 1.82) is 0 Å². The van der Waals surface area contributed by atoms with Crippen LogP contribution in [-0.4, -0.2) is 43.4 Å². The number of thioether (sulfide) groups is 1. The zero-order chi connectivity index (χ0) is 21.5. The number of hydrogen-bond donors (Lipinski definition) is 0. The van der Waals surface area contributed by atoms with Crippen molar-refractivity contribution in [3.63, 3.8) is 0 Å². The van der Waals surface area contributed by atoms with Gasteiger partial charge in [0.05, 0.1) is 12.0 Å². The number of benzene rings is 2. The summed E-state index contributed by atoms with van der Waals surface area (Å²) in [4.78, 5) is 26.3. The fourth-order valence-corrected chi connectivity index (χ4v) is 3.93. The van der Waals surface area contributed by atoms with E-state index in [1.807, 2.05) is 30.3 Å². The molecule has 2 amide bonds. The lowest BCUT2D eigenvalue weighted by Gasteiger charge is -2.12. The first kappa shape index (κ1) is 22.2. The van der Waals surface area contributed by atoms with Crippen molar-refractivity contribution >= 4 is 40.6 Å². The molecule has 2 aromatic rings. The summed E-state index contributed by atoms with van der Waals surface area (Å²) in [6.07, 6.45) is 2.29. The van der Waals surface area contributed by atoms with E-state index in [1.54, 1.807) is 32.4 Å². The number of imide groups is 1. The molecule has 1 aliphatic heterocycles. The Morgan fingerprint density at radius 3 is 2.63 bits per heavy atom. The number of amides is 2. The van der Waals surface area contributed by atoms with Crippen LogP contribution in [0.5, 0.6) is 11.5 Å². The monoisotopic (exact) mass is 447 g/mol. The molecule has 1 saturated heterocycles. The van der Waals surface area contributed by atoms with Gasteiger partial charge in [0.25, 0.3) is 11.1 Å². The van der Waals surface area contributed by atoms with Crippen LogP contribution in [0.1, 0.15) is 17.5 Å². The first-order chi connectivity index (χ1) is 14.5. The molecule has 1 heterocycles. The molecule has 8 heteroatoms. The van der Waals surface area contributed by atoms with Gasteiger partial charge in [0.15, 0.2) is 11.5 Å². The molecule has 0 aliphatic carbocycles. The normalized spacial score (nSPS) is 15.2. The Balaban J connectivity index is 1.72. The van der Waals surface area contributed by atoms with Crippen LogP contribution < -0.4 is 9.47 Å². The summed E-state index contributed by atoms with van der Waals surface area (Å²) in [6, 6.07) is 12.8. The van der Waals surface area contributed by atoms with Gasteiger partial charge in [-0.25, -0.2) is 0 Å². The van der Waals surface area contributed by atoms with Crippen LogP contribution >= 0.6 is 23.4 Å². The van der Waals surface area contributed by atoms with Gasteiger partial charge in [-0.05, 0) is 48.0 Å². The number of rotatable bonds is 9. The third kappa shape index (κ3) is 5.36. The lowest BCUT2D eigenvalue weighted by atomic mass is 10.1. The van der Waals surface area contributed by atoms with Crippen molar-refractivity contribution in [2.75, 3.05) is 27.4 Å². The number of carbonyl (C=O) groups excluding carboxylic acids is 2. The van der Waals surface area contributed by atoms with E-state index in [2.05, 4.69) is 0 Å². The minimum absolute atomic E-state index is 0.269. The number of carbonyl (C=O) groups is 2. The third-order valence-corrected chi connectivity index (χ3v) is 5.71. The van der Waals surface area contributed by atoms with Crippen LogP contribution in [0.25, 0.3) is 6.08 Å². The molecule has 1 aliphatic rings. The Morgan fingerprint density at radius 1 is 1.10 bits per heavy atom. The lowest BCUT2D eigenvalue weighted by molar-refractivity contribution is -0.122. The van der Waals surface area contributed by atoms with E-state index in [0.29, 0.717) is 47.6 Å². The average Bonchev–Trinajstić information content (AvgIpc) is 3.01. The molecule has 2 aromatic carbocycles. The Bertz CT molecular complexity index is 962. The van der Waals surface area contributed by atoms with Gasteiger partial charge in [-0.1, -0.05) is 35.9 Å². The number of ether oxygens (including phenoxy) is 3. The van der Waals surface area contributed by atoms with Crippen LogP contribution in [0.2, 0.25) is 5.02 Å². The largest absolute Gasteiger partial charge is 0.493 e. The van der Waals surface area contributed by atoms with Crippen molar-refractivity contribution in [1.82, 2.24) is 4.90 Å². The Morgan fingerprint density at radius 2 is 1.90 bits per heavy atom. The molecule has 0 bridgehead atoms. The van der Waals surface area contributed by atoms with Crippen LogP contribution in [0, 0.1) is 0 Å². The molecular weight excluding hydrogens is 426 g/mol. The number of hydrogen-bond acceptors (Lipinski definition) is 6. The SMILES string of the molecule is COCCCN1C(=O)S/C(=C/c2ccc(OCc3ccccc3Cl)c(OC)c2)C1=O. The molecule has 0 unspecified atom stereocenters. The highest BCUT2D eigenvalue weighted by atomic mass is 35.5. The zero-order valence-electron chi connectivity index (χ0n) is 16.7. The maximum atomic E-state index is 12.5. The van der Waals surface area contributed by atoms with E-state index < -0.39 is 0 Å². The highest BCUT2D eigenvalue weighted by Crippen LogP contribution is 2.35. The molecule has 0 spiro atoms. The van der Waals surface area contributed by atoms with Gasteiger partial charge in [0.1, 0.15) is 6.61 Å². The molecular formula is C22H22ClNO5S. The second-order valence-electron chi connectivity index (χ2n) is 6.47. The predicted octanol–water partition coefficient (Wildman–Crippen LogP) is 5.00. The second-order valence-corrected chi connectivity index (χ2v) is 7.87. The first-order valence-electron chi connectivity index (χ1n) is 9.32. The topological polar surface area (TPSA) is 65.1 Å². The Hall–Kier alpha value is -2.48. The Labute approximate surface area is 184 Å². The molecule has 0 atom stereocenters. The average molecular weight is 448 g/mol. The van der Waals surface area contributed by atoms with E-state index in [0.717, 1.165) is 22.9 Å². The minimum Gasteiger partial charge on any atom is -0.493 e. The smallest absolute Gasteiger partial charge is 0.293 e. The van der Waals surface area contributed by atoms with Gasteiger partial charge in [-0.2, -0.15) is 0 Å². The van der Waals surface area contributed by atoms with Crippen molar-refractivity contribution in [3.05, 3.63) is 63.5 Å². The third-order valence-electron chi connectivity index (χ3n) is 4.43. The summed E-state index contributed by atoms with van der Waals surface area (Å²) in [5.41, 5.74) is 1.60. The molecule has 1 fully saturated rings. The summed E-state index contributed by atoms with van der Waals surface area (Å²) in [7, 11) is 3.13. The van der Waals surface area contributed by atoms with Crippen molar-refractivity contribution in [3.8, 4) is 11.5 Å². The van der Waals surface area contributed by atoms with Crippen LogP contribution in [0.15, 0.2) is 47.4 Å². The molecule has 0 N–H and O–H groups in total. The fourth-order valence-electron chi connectivity index (χ4n) is 2.88. The zero-order valence-corrected chi connectivity index (χ0v) is 18.3. The first-order valence-corrected chi connectivity index (χ1v) is 10.5. The molecule has 0 aromatic heterocycles. The van der Waals surface area contributed by atoms with E-state index in [1.165, 1.54) is 4.90 Å². The van der Waals surface area contributed by atoms with Crippen molar-refractivity contribution in [2.45, 2.75) is 13.0 Å². The summed E-state index contributed by atoms with van der Waals surface area (Å²) in [6.45, 7) is 1.14. The molecule has 3 rings (SSSR count). The minimum atomic E-state index is -0.292. The summed E-state index contributed by atoms with van der Waals surface area (Å²) in [5, 5.41) is 0.364. The molecule has 6 nitrogen and oxygen atoms in total. The van der Waals surface area contributed by atoms with Gasteiger partial charge in [0.2, 0.25) is 0 Å². The highest BCUT2D eigenvalue weighted by Gasteiger charge is 2.34. The van der Waals surface area contributed by atoms with Gasteiger partial charge >= 0.3 is 0 Å². The van der Waals surface area contributed by atoms with Crippen LogP contribution in [0.3, 0.4) is 0 Å². The molecule has 158 valence electrons. The van der Waals surface area contributed by atoms with E-state index >= 15 is 0 Å². The maximum absolute atomic E-state index is 12.5. The van der Waals surface area contributed by atoms with Gasteiger partial charge in [-0.3, -0.25) is 14.5 Å². The van der Waals surface area contributed by atoms with E-state index in [4.69, 9.17) is 25.8 Å². The van der Waals surface area contributed by atoms with Gasteiger partial charge in [0, 0.05) is 30.8 Å². The summed E-state index contributed by atoms with van der Waals surface area (Å²) >= 11 is 7.10. The summed E-state index contributed by atoms with van der Waals surface area (Å²) < 4.78 is 16.3. The molecule has 30 heavy (non-hydrogen) atoms. The maximum Gasteiger partial charge on any atom is 0.293 e. The van der Waals surface area contributed by atoms with Gasteiger partial charge < -0.3 is 14.2 Å². The van der Waals surface area contributed by atoms with Crippen molar-refractivity contribution < 1.29 is 23.8 Å². The predicted molar refractivity (Wildman–Crippen MR) is 118 cm³/mol. The fraction of sp³-hybridized carbons (Fsp3) is 0.273. The number of nitrogens with zero attached hydrogens (tertiary/aromatic N) is 1. The van der Waals surface area contributed by atoms with E-state index in [9.17, 15) is 9.59 Å². The highest BCUT2D eigenvalue weighted by molar-refractivity contribution is 8.18.